The van der Waals surface area contributed by atoms with Gasteiger partial charge in [0.1, 0.15) is 5.75 Å². The van der Waals surface area contributed by atoms with Crippen LogP contribution < -0.4 is 15.0 Å². The second-order valence-corrected chi connectivity index (χ2v) is 4.63. The monoisotopic (exact) mass is 289 g/mol. The predicted molar refractivity (Wildman–Crippen MR) is 74.9 cm³/mol. The summed E-state index contributed by atoms with van der Waals surface area (Å²) in [6.07, 6.45) is 0. The molecule has 0 saturated carbocycles. The van der Waals surface area contributed by atoms with Crippen LogP contribution in [-0.4, -0.2) is 52.7 Å². The number of ether oxygens (including phenoxy) is 1. The molecule has 21 heavy (non-hydrogen) atoms. The normalized spacial score (nSPS) is 15.0. The van der Waals surface area contributed by atoms with Gasteiger partial charge >= 0.3 is 5.97 Å². The maximum Gasteiger partial charge on any atom is 0.362 e. The Balaban J connectivity index is 1.72. The molecule has 0 unspecified atom stereocenters. The lowest BCUT2D eigenvalue weighted by atomic mass is 10.2. The third-order valence-electron chi connectivity index (χ3n) is 3.26. The van der Waals surface area contributed by atoms with Crippen molar-refractivity contribution in [2.45, 2.75) is 0 Å². The van der Waals surface area contributed by atoms with Gasteiger partial charge < -0.3 is 20.1 Å². The van der Waals surface area contributed by atoms with Crippen molar-refractivity contribution >= 4 is 11.7 Å². The minimum Gasteiger partial charge on any atom is -0.476 e. The number of aromatic nitrogens is 3. The molecule has 0 bridgehead atoms. The molecule has 2 heterocycles. The van der Waals surface area contributed by atoms with E-state index in [-0.39, 0.29) is 11.6 Å². The maximum absolute atomic E-state index is 10.9. The van der Waals surface area contributed by atoms with Gasteiger partial charge in [-0.05, 0) is 24.3 Å². The summed E-state index contributed by atoms with van der Waals surface area (Å²) in [5.74, 6) is -0.629. The Morgan fingerprint density at radius 2 is 1.95 bits per heavy atom. The van der Waals surface area contributed by atoms with Gasteiger partial charge in [0.2, 0.25) is 5.69 Å². The number of nitrogens with one attached hydrogen (secondary N) is 2. The van der Waals surface area contributed by atoms with Crippen molar-refractivity contribution in [2.75, 3.05) is 31.1 Å². The summed E-state index contributed by atoms with van der Waals surface area (Å²) in [6.45, 7) is 3.88. The molecule has 110 valence electrons. The third-order valence-corrected chi connectivity index (χ3v) is 3.26. The molecule has 1 aliphatic rings. The molecule has 0 atom stereocenters. The lowest BCUT2D eigenvalue weighted by Crippen LogP contribution is -2.43. The molecular weight excluding hydrogens is 274 g/mol. The SMILES string of the molecule is O=C(O)c1nn[nH]c1Oc1ccc(N2CCNCC2)cc1. The Morgan fingerprint density at radius 1 is 1.24 bits per heavy atom. The standard InChI is InChI=1S/C13H15N5O3/c19-13(20)11-12(16-17-15-11)21-10-3-1-9(2-4-10)18-7-5-14-6-8-18/h1-4,14H,5-8H2,(H,19,20)(H,15,16,17). The largest absolute Gasteiger partial charge is 0.476 e. The summed E-state index contributed by atoms with van der Waals surface area (Å²) in [6, 6.07) is 7.49. The van der Waals surface area contributed by atoms with Crippen LogP contribution in [0.4, 0.5) is 5.69 Å². The maximum atomic E-state index is 10.9. The van der Waals surface area contributed by atoms with Crippen molar-refractivity contribution in [3.63, 3.8) is 0 Å². The average Bonchev–Trinajstić information content (AvgIpc) is 2.97. The van der Waals surface area contributed by atoms with Gasteiger partial charge in [-0.15, -0.1) is 5.10 Å². The second kappa shape index (κ2) is 5.80. The zero-order valence-electron chi connectivity index (χ0n) is 11.2. The summed E-state index contributed by atoms with van der Waals surface area (Å²) in [5.41, 5.74) is 0.881. The fourth-order valence-electron chi connectivity index (χ4n) is 2.20. The first-order valence-electron chi connectivity index (χ1n) is 6.62. The first kappa shape index (κ1) is 13.4. The number of carboxylic acids is 1. The summed E-state index contributed by atoms with van der Waals surface area (Å²) in [5, 5.41) is 21.6. The van der Waals surface area contributed by atoms with Gasteiger partial charge in [-0.2, -0.15) is 0 Å². The number of piperazine rings is 1. The van der Waals surface area contributed by atoms with Gasteiger partial charge in [0.05, 0.1) is 0 Å². The minimum absolute atomic E-state index is 0.0254. The topological polar surface area (TPSA) is 103 Å². The Kier molecular flexibility index (Phi) is 3.69. The van der Waals surface area contributed by atoms with E-state index in [4.69, 9.17) is 9.84 Å². The Hall–Kier alpha value is -2.61. The number of anilines is 1. The number of carbonyl (C=O) groups is 1. The minimum atomic E-state index is -1.18. The van der Waals surface area contributed by atoms with Gasteiger partial charge in [0.25, 0.3) is 5.88 Å². The van der Waals surface area contributed by atoms with Crippen molar-refractivity contribution in [1.82, 2.24) is 20.7 Å². The molecule has 0 spiro atoms. The van der Waals surface area contributed by atoms with E-state index >= 15 is 0 Å². The molecular formula is C13H15N5O3. The number of hydrogen-bond donors (Lipinski definition) is 3. The highest BCUT2D eigenvalue weighted by atomic mass is 16.5. The quantitative estimate of drug-likeness (QED) is 0.761. The van der Waals surface area contributed by atoms with E-state index in [1.54, 1.807) is 12.1 Å². The Morgan fingerprint density at radius 3 is 2.62 bits per heavy atom. The lowest BCUT2D eigenvalue weighted by Gasteiger charge is -2.29. The number of benzene rings is 1. The van der Waals surface area contributed by atoms with E-state index in [1.165, 1.54) is 0 Å². The van der Waals surface area contributed by atoms with Gasteiger partial charge in [-0.25, -0.2) is 9.89 Å². The summed E-state index contributed by atoms with van der Waals surface area (Å²) < 4.78 is 5.46. The fourth-order valence-corrected chi connectivity index (χ4v) is 2.20. The van der Waals surface area contributed by atoms with Crippen LogP contribution >= 0.6 is 0 Å². The van der Waals surface area contributed by atoms with Crippen LogP contribution in [0.25, 0.3) is 0 Å². The second-order valence-electron chi connectivity index (χ2n) is 4.63. The number of carboxylic acid groups (broad SMARTS) is 1. The van der Waals surface area contributed by atoms with Crippen LogP contribution in [-0.2, 0) is 0 Å². The molecule has 2 aromatic rings. The average molecular weight is 289 g/mol. The van der Waals surface area contributed by atoms with Crippen molar-refractivity contribution in [3.8, 4) is 11.6 Å². The summed E-state index contributed by atoms with van der Waals surface area (Å²) in [7, 11) is 0. The van der Waals surface area contributed by atoms with Crippen LogP contribution in [0.1, 0.15) is 10.5 Å². The smallest absolute Gasteiger partial charge is 0.362 e. The molecule has 1 saturated heterocycles. The third kappa shape index (κ3) is 2.95. The molecule has 8 nitrogen and oxygen atoms in total. The number of nitrogens with zero attached hydrogens (tertiary/aromatic N) is 3. The van der Waals surface area contributed by atoms with Crippen molar-refractivity contribution in [2.24, 2.45) is 0 Å². The number of aromatic amines is 1. The molecule has 1 aromatic heterocycles. The number of aromatic carboxylic acids is 1. The summed E-state index contributed by atoms with van der Waals surface area (Å²) >= 11 is 0. The highest BCUT2D eigenvalue weighted by Crippen LogP contribution is 2.24. The van der Waals surface area contributed by atoms with Gasteiger partial charge in [0.15, 0.2) is 0 Å². The van der Waals surface area contributed by atoms with Crippen LogP contribution in [0.15, 0.2) is 24.3 Å². The number of H-pyrrole nitrogens is 1. The zero-order chi connectivity index (χ0) is 14.7. The molecule has 3 rings (SSSR count). The lowest BCUT2D eigenvalue weighted by molar-refractivity contribution is 0.0687. The van der Waals surface area contributed by atoms with E-state index in [1.807, 2.05) is 12.1 Å². The van der Waals surface area contributed by atoms with Crippen LogP contribution in [0.2, 0.25) is 0 Å². The molecule has 1 fully saturated rings. The van der Waals surface area contributed by atoms with Gasteiger partial charge in [-0.1, -0.05) is 5.21 Å². The Labute approximate surface area is 120 Å². The molecule has 1 aliphatic heterocycles. The highest BCUT2D eigenvalue weighted by Gasteiger charge is 2.17. The molecule has 0 aliphatic carbocycles. The molecule has 1 aromatic carbocycles. The van der Waals surface area contributed by atoms with E-state index in [2.05, 4.69) is 25.6 Å². The van der Waals surface area contributed by atoms with Crippen LogP contribution in [0.3, 0.4) is 0 Å². The fraction of sp³-hybridized carbons (Fsp3) is 0.308. The number of rotatable bonds is 4. The van der Waals surface area contributed by atoms with E-state index in [0.717, 1.165) is 31.9 Å². The van der Waals surface area contributed by atoms with Crippen LogP contribution in [0.5, 0.6) is 11.6 Å². The van der Waals surface area contributed by atoms with Gasteiger partial charge in [-0.3, -0.25) is 0 Å². The molecule has 3 N–H and O–H groups in total. The molecule has 8 heteroatoms. The highest BCUT2D eigenvalue weighted by molar-refractivity contribution is 5.87. The predicted octanol–water partition coefficient (Wildman–Crippen LogP) is 0.705. The van der Waals surface area contributed by atoms with Crippen LogP contribution in [0, 0.1) is 0 Å². The van der Waals surface area contributed by atoms with Crippen molar-refractivity contribution in [3.05, 3.63) is 30.0 Å². The van der Waals surface area contributed by atoms with Crippen molar-refractivity contribution < 1.29 is 14.6 Å². The first-order chi connectivity index (χ1) is 10.2. The molecule has 0 amide bonds. The van der Waals surface area contributed by atoms with Crippen molar-refractivity contribution in [1.29, 1.82) is 0 Å². The first-order valence-corrected chi connectivity index (χ1v) is 6.62. The Bertz CT molecular complexity index is 619. The van der Waals surface area contributed by atoms with E-state index in [9.17, 15) is 4.79 Å². The number of hydrogen-bond acceptors (Lipinski definition) is 6. The molecule has 0 radical (unpaired) electrons. The van der Waals surface area contributed by atoms with E-state index < -0.39 is 5.97 Å². The summed E-state index contributed by atoms with van der Waals surface area (Å²) in [4.78, 5) is 13.2. The van der Waals surface area contributed by atoms with E-state index in [0.29, 0.717) is 5.75 Å². The van der Waals surface area contributed by atoms with Gasteiger partial charge in [0, 0.05) is 31.9 Å². The zero-order valence-corrected chi connectivity index (χ0v) is 11.2.